The number of allylic oxidation sites excluding steroid dienone is 1. The van der Waals surface area contributed by atoms with Gasteiger partial charge in [0.1, 0.15) is 0 Å². The molecule has 4 rings (SSSR count). The van der Waals surface area contributed by atoms with E-state index >= 15 is 0 Å². The number of rotatable bonds is 10. The summed E-state index contributed by atoms with van der Waals surface area (Å²) in [5.74, 6) is -1.90. The van der Waals surface area contributed by atoms with Crippen molar-refractivity contribution in [1.29, 1.82) is 0 Å². The van der Waals surface area contributed by atoms with Gasteiger partial charge in [-0.05, 0) is 68.9 Å². The lowest BCUT2D eigenvalue weighted by molar-refractivity contribution is -0.132. The summed E-state index contributed by atoms with van der Waals surface area (Å²) in [5, 5.41) is 3.88. The van der Waals surface area contributed by atoms with Crippen LogP contribution in [0.3, 0.4) is 0 Å². The lowest BCUT2D eigenvalue weighted by atomic mass is 9.87. The van der Waals surface area contributed by atoms with Crippen molar-refractivity contribution in [2.75, 3.05) is 0 Å². The van der Waals surface area contributed by atoms with Crippen LogP contribution in [0.15, 0.2) is 54.1 Å². The monoisotopic (exact) mass is 500 g/mol. The highest BCUT2D eigenvalue weighted by Crippen LogP contribution is 2.36. The van der Waals surface area contributed by atoms with E-state index in [1.807, 2.05) is 49.4 Å². The second-order valence-corrected chi connectivity index (χ2v) is 10.8. The molecule has 2 atom stereocenters. The molecule has 1 aliphatic carbocycles. The van der Waals surface area contributed by atoms with E-state index < -0.39 is 29.3 Å². The minimum absolute atomic E-state index is 0.0712. The van der Waals surface area contributed by atoms with Crippen LogP contribution in [0.1, 0.15) is 56.0 Å². The van der Waals surface area contributed by atoms with Crippen molar-refractivity contribution in [1.82, 2.24) is 10.3 Å². The summed E-state index contributed by atoms with van der Waals surface area (Å²) >= 11 is 0. The molecule has 0 fully saturated rings. The quantitative estimate of drug-likeness (QED) is 0.338. The fourth-order valence-electron chi connectivity index (χ4n) is 5.17. The van der Waals surface area contributed by atoms with E-state index in [1.165, 1.54) is 11.1 Å². The van der Waals surface area contributed by atoms with Gasteiger partial charge < -0.3 is 21.8 Å². The zero-order valence-electron chi connectivity index (χ0n) is 22.0. The molecule has 0 saturated carbocycles. The maximum atomic E-state index is 13.7. The molecule has 0 aliphatic heterocycles. The van der Waals surface area contributed by atoms with Crippen molar-refractivity contribution in [3.8, 4) is 0 Å². The number of nitrogens with two attached hydrogens (primary N) is 2. The fourth-order valence-corrected chi connectivity index (χ4v) is 5.17. The van der Waals surface area contributed by atoms with Gasteiger partial charge in [-0.3, -0.25) is 14.4 Å². The lowest BCUT2D eigenvalue weighted by Crippen LogP contribution is -2.54. The average Bonchev–Trinajstić information content (AvgIpc) is 3.32. The van der Waals surface area contributed by atoms with E-state index in [9.17, 15) is 14.4 Å². The molecule has 1 aliphatic rings. The number of amides is 2. The predicted molar refractivity (Wildman–Crippen MR) is 147 cm³/mol. The highest BCUT2D eigenvalue weighted by Gasteiger charge is 2.33. The van der Waals surface area contributed by atoms with E-state index in [-0.39, 0.29) is 12.2 Å². The number of Topliss-reactive ketones (excluding diaryl/α,β-unsaturated/α-hetero) is 1. The van der Waals surface area contributed by atoms with Crippen molar-refractivity contribution >= 4 is 34.1 Å². The molecule has 7 nitrogen and oxygen atoms in total. The first-order valence-electron chi connectivity index (χ1n) is 12.7. The Morgan fingerprint density at radius 2 is 1.70 bits per heavy atom. The Hall–Kier alpha value is -3.71. The van der Waals surface area contributed by atoms with Crippen LogP contribution in [0.25, 0.3) is 16.5 Å². The number of aromatic amines is 1. The number of fused-ring (bicyclic) bond motifs is 2. The molecule has 0 radical (unpaired) electrons. The number of hydrogen-bond donors (Lipinski definition) is 4. The predicted octanol–water partition coefficient (Wildman–Crippen LogP) is 3.72. The maximum Gasteiger partial charge on any atom is 0.240 e. The first-order chi connectivity index (χ1) is 17.5. The molecule has 3 aromatic rings. The standard InChI is InChI=1S/C30H36N4O3/c1-17-13-19-9-5-6-10-21(19)23(17)16-26(34-29(37)30(3,4)32)27(35)15-20(28(31)36)14-24-18(2)33-25-12-8-7-11-22(24)25/h5-12,20,26,33H,13-16,32H2,1-4H3,(H2,31,36)(H,34,37)/t20-,26+/m0/s1. The summed E-state index contributed by atoms with van der Waals surface area (Å²) in [6.45, 7) is 7.21. The highest BCUT2D eigenvalue weighted by atomic mass is 16.2. The Morgan fingerprint density at radius 1 is 1.03 bits per heavy atom. The lowest BCUT2D eigenvalue weighted by Gasteiger charge is -2.25. The van der Waals surface area contributed by atoms with Crippen molar-refractivity contribution in [3.63, 3.8) is 0 Å². The Balaban J connectivity index is 1.60. The zero-order valence-corrected chi connectivity index (χ0v) is 22.0. The number of hydrogen-bond acceptors (Lipinski definition) is 4. The molecule has 2 aromatic carbocycles. The van der Waals surface area contributed by atoms with Gasteiger partial charge >= 0.3 is 0 Å². The number of H-pyrrole nitrogens is 1. The molecule has 0 bridgehead atoms. The number of ketones is 1. The fraction of sp³-hybridized carbons (Fsp3) is 0.367. The second kappa shape index (κ2) is 10.3. The summed E-state index contributed by atoms with van der Waals surface area (Å²) in [7, 11) is 0. The number of carbonyl (C=O) groups is 3. The number of aromatic nitrogens is 1. The molecular formula is C30H36N4O3. The first kappa shape index (κ1) is 26.4. The third-order valence-corrected chi connectivity index (χ3v) is 7.33. The third-order valence-electron chi connectivity index (χ3n) is 7.33. The van der Waals surface area contributed by atoms with Gasteiger partial charge in [0, 0.05) is 35.4 Å². The normalized spacial score (nSPS) is 14.9. The third kappa shape index (κ3) is 5.67. The van der Waals surface area contributed by atoms with Crippen LogP contribution < -0.4 is 16.8 Å². The van der Waals surface area contributed by atoms with Crippen LogP contribution in [-0.4, -0.2) is 34.2 Å². The van der Waals surface area contributed by atoms with E-state index in [0.29, 0.717) is 12.8 Å². The Kier molecular flexibility index (Phi) is 7.37. The van der Waals surface area contributed by atoms with Gasteiger partial charge in [0.15, 0.2) is 5.78 Å². The number of para-hydroxylation sites is 1. The average molecular weight is 501 g/mol. The van der Waals surface area contributed by atoms with Crippen LogP contribution >= 0.6 is 0 Å². The van der Waals surface area contributed by atoms with Gasteiger partial charge in [-0.25, -0.2) is 0 Å². The minimum atomic E-state index is -1.15. The van der Waals surface area contributed by atoms with E-state index in [4.69, 9.17) is 11.5 Å². The van der Waals surface area contributed by atoms with Crippen LogP contribution in [-0.2, 0) is 27.2 Å². The van der Waals surface area contributed by atoms with Gasteiger partial charge in [0.2, 0.25) is 11.8 Å². The van der Waals surface area contributed by atoms with Gasteiger partial charge in [0.25, 0.3) is 0 Å². The van der Waals surface area contributed by atoms with Crippen molar-refractivity contribution in [2.45, 2.75) is 65.0 Å². The van der Waals surface area contributed by atoms with E-state index in [0.717, 1.165) is 39.7 Å². The van der Waals surface area contributed by atoms with Crippen LogP contribution in [0, 0.1) is 12.8 Å². The molecule has 7 heteroatoms. The number of benzene rings is 2. The van der Waals surface area contributed by atoms with Gasteiger partial charge in [-0.1, -0.05) is 48.0 Å². The summed E-state index contributed by atoms with van der Waals surface area (Å²) in [6, 6.07) is 15.1. The van der Waals surface area contributed by atoms with Gasteiger partial charge in [-0.15, -0.1) is 0 Å². The SMILES string of the molecule is CC1=C(C[C@@H](NC(=O)C(C)(C)N)C(=O)C[C@H](Cc2c(C)[nH]c3ccccc23)C(N)=O)c2ccccc2C1. The highest BCUT2D eigenvalue weighted by molar-refractivity contribution is 5.96. The first-order valence-corrected chi connectivity index (χ1v) is 12.7. The Labute approximate surface area is 217 Å². The Bertz CT molecular complexity index is 1390. The molecule has 1 heterocycles. The van der Waals surface area contributed by atoms with E-state index in [1.54, 1.807) is 13.8 Å². The summed E-state index contributed by atoms with van der Waals surface area (Å²) < 4.78 is 0. The zero-order chi connectivity index (χ0) is 26.9. The molecule has 194 valence electrons. The molecule has 0 saturated heterocycles. The number of carbonyl (C=O) groups excluding carboxylic acids is 3. The Morgan fingerprint density at radius 3 is 2.41 bits per heavy atom. The van der Waals surface area contributed by atoms with E-state index in [2.05, 4.69) is 23.3 Å². The summed E-state index contributed by atoms with van der Waals surface area (Å²) in [5.41, 5.74) is 18.1. The summed E-state index contributed by atoms with van der Waals surface area (Å²) in [6.07, 6.45) is 1.41. The molecule has 2 amide bonds. The molecule has 0 unspecified atom stereocenters. The number of aryl methyl sites for hydroxylation is 1. The van der Waals surface area contributed by atoms with Crippen molar-refractivity contribution < 1.29 is 14.4 Å². The minimum Gasteiger partial charge on any atom is -0.369 e. The molecule has 1 aromatic heterocycles. The van der Waals surface area contributed by atoms with Crippen LogP contribution in [0.4, 0.5) is 0 Å². The van der Waals surface area contributed by atoms with Crippen molar-refractivity contribution in [3.05, 3.63) is 76.5 Å². The van der Waals surface area contributed by atoms with Gasteiger partial charge in [0.05, 0.1) is 11.6 Å². The molecule has 6 N–H and O–H groups in total. The molecule has 37 heavy (non-hydrogen) atoms. The summed E-state index contributed by atoms with van der Waals surface area (Å²) in [4.78, 5) is 42.4. The number of primary amides is 1. The van der Waals surface area contributed by atoms with Gasteiger partial charge in [-0.2, -0.15) is 0 Å². The van der Waals surface area contributed by atoms with Crippen LogP contribution in [0.2, 0.25) is 0 Å². The van der Waals surface area contributed by atoms with Crippen LogP contribution in [0.5, 0.6) is 0 Å². The smallest absolute Gasteiger partial charge is 0.240 e. The second-order valence-electron chi connectivity index (χ2n) is 10.8. The number of nitrogens with one attached hydrogen (secondary N) is 2. The van der Waals surface area contributed by atoms with Crippen molar-refractivity contribution in [2.24, 2.45) is 17.4 Å². The largest absolute Gasteiger partial charge is 0.369 e. The maximum absolute atomic E-state index is 13.7. The molecular weight excluding hydrogens is 464 g/mol. The molecule has 0 spiro atoms. The topological polar surface area (TPSA) is 131 Å².